The van der Waals surface area contributed by atoms with Gasteiger partial charge in [0.05, 0.1) is 17.7 Å². The summed E-state index contributed by atoms with van der Waals surface area (Å²) in [6.07, 6.45) is 5.81. The highest BCUT2D eigenvalue weighted by Crippen LogP contribution is 2.28. The van der Waals surface area contributed by atoms with Gasteiger partial charge in [-0.2, -0.15) is 0 Å². The number of hydrogen-bond acceptors (Lipinski definition) is 3. The smallest absolute Gasteiger partial charge is 0.217 e. The van der Waals surface area contributed by atoms with Crippen LogP contribution in [0.15, 0.2) is 35.3 Å². The van der Waals surface area contributed by atoms with Gasteiger partial charge in [0.25, 0.3) is 0 Å². The van der Waals surface area contributed by atoms with E-state index in [2.05, 4.69) is 62.9 Å². The van der Waals surface area contributed by atoms with Crippen LogP contribution < -0.4 is 4.74 Å². The average molecular weight is 368 g/mol. The molecule has 27 heavy (non-hydrogen) atoms. The second-order valence-corrected chi connectivity index (χ2v) is 6.95. The van der Waals surface area contributed by atoms with Crippen molar-refractivity contribution in [2.24, 2.45) is 4.99 Å². The van der Waals surface area contributed by atoms with Gasteiger partial charge in [-0.3, -0.25) is 0 Å². The molecule has 1 heterocycles. The molecule has 146 valence electrons. The van der Waals surface area contributed by atoms with Crippen molar-refractivity contribution in [3.8, 4) is 5.88 Å². The normalized spacial score (nSPS) is 11.1. The summed E-state index contributed by atoms with van der Waals surface area (Å²) in [5.74, 6) is 0.756. The molecule has 0 N–H and O–H groups in total. The lowest BCUT2D eigenvalue weighted by Gasteiger charge is -2.15. The van der Waals surface area contributed by atoms with Gasteiger partial charge in [0.15, 0.2) is 0 Å². The quantitative estimate of drug-likeness (QED) is 0.412. The topological polar surface area (TPSA) is 37.7 Å². The Bertz CT molecular complexity index is 755. The first-order valence-corrected chi connectivity index (χ1v) is 10.0. The highest BCUT2D eigenvalue weighted by atomic mass is 16.5. The van der Waals surface area contributed by atoms with E-state index in [1.165, 1.54) is 11.1 Å². The first-order chi connectivity index (χ1) is 13.1. The molecule has 0 aliphatic heterocycles. The first-order valence-electron chi connectivity index (χ1n) is 10.0. The number of benzene rings is 1. The van der Waals surface area contributed by atoms with E-state index in [-0.39, 0.29) is 0 Å². The average Bonchev–Trinajstić information content (AvgIpc) is 2.67. The van der Waals surface area contributed by atoms with Crippen LogP contribution in [0.2, 0.25) is 0 Å². The van der Waals surface area contributed by atoms with Crippen molar-refractivity contribution in [1.29, 1.82) is 0 Å². The van der Waals surface area contributed by atoms with Crippen LogP contribution in [0.5, 0.6) is 5.88 Å². The minimum absolute atomic E-state index is 0.545. The van der Waals surface area contributed by atoms with Gasteiger partial charge in [-0.25, -0.2) is 9.98 Å². The number of ether oxygens (including phenoxy) is 1. The van der Waals surface area contributed by atoms with Crippen molar-refractivity contribution < 1.29 is 4.74 Å². The molecule has 0 atom stereocenters. The standard InChI is InChI=1S/C23H33N3O/c1-6-11-19-15-22(24-17-26(5)8-3)21(12-7-2)25-23(19)27-16-20-14-10-9-13-18(20)4/h9-10,13-15,17H,6-8,11-12,16H2,1-5H3/b24-17+. The Balaban J connectivity index is 2.33. The van der Waals surface area contributed by atoms with Gasteiger partial charge < -0.3 is 9.64 Å². The minimum atomic E-state index is 0.545. The molecule has 0 saturated heterocycles. The predicted octanol–water partition coefficient (Wildman–Crippen LogP) is 5.49. The summed E-state index contributed by atoms with van der Waals surface area (Å²) in [4.78, 5) is 11.6. The van der Waals surface area contributed by atoms with Gasteiger partial charge in [-0.15, -0.1) is 0 Å². The fraction of sp³-hybridized carbons (Fsp3) is 0.478. The monoisotopic (exact) mass is 367 g/mol. The highest BCUT2D eigenvalue weighted by molar-refractivity contribution is 5.63. The first kappa shape index (κ1) is 20.9. The van der Waals surface area contributed by atoms with E-state index >= 15 is 0 Å². The number of aliphatic imine (C=N–C) groups is 1. The molecule has 4 nitrogen and oxygen atoms in total. The summed E-state index contributed by atoms with van der Waals surface area (Å²) in [7, 11) is 2.03. The van der Waals surface area contributed by atoms with Crippen molar-refractivity contribution in [3.05, 3.63) is 52.7 Å². The fourth-order valence-corrected chi connectivity index (χ4v) is 2.83. The Labute approximate surface area is 164 Å². The lowest BCUT2D eigenvalue weighted by molar-refractivity contribution is 0.288. The fourth-order valence-electron chi connectivity index (χ4n) is 2.83. The lowest BCUT2D eigenvalue weighted by Crippen LogP contribution is -2.14. The second-order valence-electron chi connectivity index (χ2n) is 6.95. The van der Waals surface area contributed by atoms with Crippen molar-refractivity contribution in [2.45, 2.75) is 60.0 Å². The molecule has 0 spiro atoms. The van der Waals surface area contributed by atoms with Gasteiger partial charge in [0.1, 0.15) is 6.61 Å². The number of rotatable bonds is 10. The zero-order valence-corrected chi connectivity index (χ0v) is 17.5. The lowest BCUT2D eigenvalue weighted by atomic mass is 10.1. The molecule has 0 unspecified atom stereocenters. The van der Waals surface area contributed by atoms with Crippen molar-refractivity contribution in [2.75, 3.05) is 13.6 Å². The van der Waals surface area contributed by atoms with E-state index in [0.29, 0.717) is 6.61 Å². The van der Waals surface area contributed by atoms with Crippen LogP contribution in [0.1, 0.15) is 56.0 Å². The van der Waals surface area contributed by atoms with E-state index in [1.54, 1.807) is 0 Å². The summed E-state index contributed by atoms with van der Waals surface area (Å²) in [6.45, 7) is 10.1. The Morgan fingerprint density at radius 3 is 2.48 bits per heavy atom. The SMILES string of the molecule is CCCc1cc(/N=C/N(C)CC)c(CCC)nc1OCc1ccccc1C. The van der Waals surface area contributed by atoms with Crippen molar-refractivity contribution in [1.82, 2.24) is 9.88 Å². The second kappa shape index (κ2) is 10.7. The molecule has 1 aromatic heterocycles. The van der Waals surface area contributed by atoms with Crippen LogP contribution in [0.25, 0.3) is 0 Å². The summed E-state index contributed by atoms with van der Waals surface area (Å²) in [6, 6.07) is 10.5. The molecule has 2 rings (SSSR count). The third-order valence-corrected chi connectivity index (χ3v) is 4.64. The van der Waals surface area contributed by atoms with E-state index in [1.807, 2.05) is 13.4 Å². The number of aryl methyl sites for hydroxylation is 3. The molecule has 0 aliphatic carbocycles. The van der Waals surface area contributed by atoms with Crippen LogP contribution in [-0.2, 0) is 19.4 Å². The number of nitrogens with zero attached hydrogens (tertiary/aromatic N) is 3. The third-order valence-electron chi connectivity index (χ3n) is 4.64. The summed E-state index contributed by atoms with van der Waals surface area (Å²) >= 11 is 0. The molecule has 0 bridgehead atoms. The van der Waals surface area contributed by atoms with E-state index in [9.17, 15) is 0 Å². The summed E-state index contributed by atoms with van der Waals surface area (Å²) in [5.41, 5.74) is 5.55. The van der Waals surface area contributed by atoms with Gasteiger partial charge in [0.2, 0.25) is 5.88 Å². The van der Waals surface area contributed by atoms with E-state index in [4.69, 9.17) is 14.7 Å². The van der Waals surface area contributed by atoms with Crippen molar-refractivity contribution in [3.63, 3.8) is 0 Å². The van der Waals surface area contributed by atoms with Crippen LogP contribution >= 0.6 is 0 Å². The molecule has 2 aromatic rings. The molecule has 0 aliphatic rings. The Morgan fingerprint density at radius 2 is 1.81 bits per heavy atom. The third kappa shape index (κ3) is 6.09. The van der Waals surface area contributed by atoms with Gasteiger partial charge in [-0.1, -0.05) is 51.0 Å². The molecule has 0 fully saturated rings. The number of aromatic nitrogens is 1. The van der Waals surface area contributed by atoms with Crippen LogP contribution in [0, 0.1) is 6.92 Å². The maximum absolute atomic E-state index is 6.17. The molecule has 1 aromatic carbocycles. The van der Waals surface area contributed by atoms with Crippen LogP contribution in [-0.4, -0.2) is 29.8 Å². The zero-order valence-electron chi connectivity index (χ0n) is 17.5. The summed E-state index contributed by atoms with van der Waals surface area (Å²) < 4.78 is 6.17. The number of hydrogen-bond donors (Lipinski definition) is 0. The largest absolute Gasteiger partial charge is 0.473 e. The molecule has 0 saturated carbocycles. The molecular weight excluding hydrogens is 334 g/mol. The van der Waals surface area contributed by atoms with Crippen LogP contribution in [0.3, 0.4) is 0 Å². The zero-order chi connectivity index (χ0) is 19.6. The van der Waals surface area contributed by atoms with E-state index < -0.39 is 0 Å². The molecular formula is C23H33N3O. The predicted molar refractivity (Wildman–Crippen MR) is 114 cm³/mol. The van der Waals surface area contributed by atoms with E-state index in [0.717, 1.165) is 55.1 Å². The Kier molecular flexibility index (Phi) is 8.31. The molecule has 4 heteroatoms. The van der Waals surface area contributed by atoms with Gasteiger partial charge in [-0.05, 0) is 43.9 Å². The molecule has 0 amide bonds. The maximum Gasteiger partial charge on any atom is 0.217 e. The van der Waals surface area contributed by atoms with Gasteiger partial charge in [0, 0.05) is 19.2 Å². The van der Waals surface area contributed by atoms with Gasteiger partial charge >= 0.3 is 0 Å². The number of pyridine rings is 1. The summed E-state index contributed by atoms with van der Waals surface area (Å²) in [5, 5.41) is 0. The minimum Gasteiger partial charge on any atom is -0.473 e. The Hall–Kier alpha value is -2.36. The molecule has 0 radical (unpaired) electrons. The van der Waals surface area contributed by atoms with Crippen LogP contribution in [0.4, 0.5) is 5.69 Å². The highest BCUT2D eigenvalue weighted by Gasteiger charge is 2.13. The Morgan fingerprint density at radius 1 is 1.07 bits per heavy atom. The maximum atomic E-state index is 6.17. The van der Waals surface area contributed by atoms with Crippen molar-refractivity contribution >= 4 is 12.0 Å².